The first-order valence-electron chi connectivity index (χ1n) is 4.38. The second-order valence-corrected chi connectivity index (χ2v) is 4.86. The van der Waals surface area contributed by atoms with Crippen LogP contribution in [0.5, 0.6) is 0 Å². The average molecular weight is 328 g/mol. The molecule has 1 aromatic rings. The van der Waals surface area contributed by atoms with E-state index in [4.69, 9.17) is 10.5 Å². The molecule has 0 aliphatic rings. The molecule has 0 aromatic heterocycles. The second-order valence-electron chi connectivity index (χ2n) is 3.09. The molecule has 0 radical (unpaired) electrons. The maximum Gasteiger partial charge on any atom is 0.0628 e. The van der Waals surface area contributed by atoms with Crippen molar-refractivity contribution in [1.82, 2.24) is 0 Å². The summed E-state index contributed by atoms with van der Waals surface area (Å²) in [5.41, 5.74) is 1.02. The van der Waals surface area contributed by atoms with E-state index in [0.29, 0.717) is 12.8 Å². The van der Waals surface area contributed by atoms with Crippen molar-refractivity contribution in [3.8, 4) is 12.1 Å². The predicted octanol–water partition coefficient (Wildman–Crippen LogP) is 4.12. The molecule has 1 rings (SSSR count). The molecule has 2 nitrogen and oxygen atoms in total. The number of benzene rings is 1. The van der Waals surface area contributed by atoms with Gasteiger partial charge in [0, 0.05) is 27.7 Å². The van der Waals surface area contributed by atoms with Crippen LogP contribution in [0.1, 0.15) is 24.3 Å². The van der Waals surface area contributed by atoms with E-state index < -0.39 is 0 Å². The van der Waals surface area contributed by atoms with Gasteiger partial charge in [0.15, 0.2) is 0 Å². The van der Waals surface area contributed by atoms with Gasteiger partial charge in [-0.05, 0) is 17.7 Å². The van der Waals surface area contributed by atoms with Gasteiger partial charge in [0.05, 0.1) is 12.1 Å². The minimum atomic E-state index is -0.0116. The fourth-order valence-electron chi connectivity index (χ4n) is 1.35. The molecule has 76 valence electrons. The van der Waals surface area contributed by atoms with Crippen molar-refractivity contribution in [2.45, 2.75) is 18.8 Å². The number of hydrogen-bond donors (Lipinski definition) is 0. The average Bonchev–Trinajstić information content (AvgIpc) is 2.17. The Hall–Kier alpha value is -0.840. The van der Waals surface area contributed by atoms with Crippen LogP contribution in [0.15, 0.2) is 27.1 Å². The van der Waals surface area contributed by atoms with Gasteiger partial charge >= 0.3 is 0 Å². The van der Waals surface area contributed by atoms with Crippen LogP contribution >= 0.6 is 31.9 Å². The highest BCUT2D eigenvalue weighted by Gasteiger charge is 2.14. The van der Waals surface area contributed by atoms with E-state index in [9.17, 15) is 0 Å². The first kappa shape index (κ1) is 12.2. The van der Waals surface area contributed by atoms with Gasteiger partial charge in [-0.3, -0.25) is 0 Å². The van der Waals surface area contributed by atoms with Crippen LogP contribution in [-0.2, 0) is 0 Å². The van der Waals surface area contributed by atoms with E-state index >= 15 is 0 Å². The Morgan fingerprint density at radius 2 is 1.73 bits per heavy atom. The molecule has 0 saturated carbocycles. The summed E-state index contributed by atoms with van der Waals surface area (Å²) in [5.74, 6) is -0.0116. The Balaban J connectivity index is 3.02. The van der Waals surface area contributed by atoms with Crippen molar-refractivity contribution in [1.29, 1.82) is 10.5 Å². The Kier molecular flexibility index (Phi) is 4.81. The number of nitriles is 2. The van der Waals surface area contributed by atoms with Crippen LogP contribution < -0.4 is 0 Å². The van der Waals surface area contributed by atoms with E-state index in [1.165, 1.54) is 0 Å². The van der Waals surface area contributed by atoms with E-state index in [2.05, 4.69) is 44.0 Å². The summed E-state index contributed by atoms with van der Waals surface area (Å²) in [5, 5.41) is 17.4. The Labute approximate surface area is 106 Å². The van der Waals surface area contributed by atoms with Gasteiger partial charge in [-0.15, -0.1) is 0 Å². The summed E-state index contributed by atoms with van der Waals surface area (Å²) in [6.45, 7) is 0. The molecule has 1 aromatic carbocycles. The molecule has 0 heterocycles. The lowest BCUT2D eigenvalue weighted by Gasteiger charge is -2.12. The molecule has 0 aliphatic heterocycles. The molecule has 0 amide bonds. The number of hydrogen-bond acceptors (Lipinski definition) is 2. The van der Waals surface area contributed by atoms with Crippen LogP contribution in [0.25, 0.3) is 0 Å². The van der Waals surface area contributed by atoms with E-state index in [0.717, 1.165) is 14.5 Å². The highest BCUT2D eigenvalue weighted by atomic mass is 79.9. The fraction of sp³-hybridized carbons (Fsp3) is 0.273. The van der Waals surface area contributed by atoms with E-state index in [-0.39, 0.29) is 5.92 Å². The largest absolute Gasteiger partial charge is 0.198 e. The van der Waals surface area contributed by atoms with Crippen LogP contribution in [-0.4, -0.2) is 0 Å². The first-order valence-corrected chi connectivity index (χ1v) is 5.96. The molecule has 0 saturated heterocycles. The molecule has 0 atom stereocenters. The molecule has 4 heteroatoms. The van der Waals surface area contributed by atoms with Crippen molar-refractivity contribution < 1.29 is 0 Å². The first-order chi connectivity index (χ1) is 7.19. The standard InChI is InChI=1S/C11H8Br2N2/c12-9-1-2-10(11(13)7-9)8(3-5-14)4-6-15/h1-2,7-8H,3-4H2. The van der Waals surface area contributed by atoms with E-state index in [1.54, 1.807) is 0 Å². The maximum atomic E-state index is 8.69. The van der Waals surface area contributed by atoms with Crippen molar-refractivity contribution >= 4 is 31.9 Å². The lowest BCUT2D eigenvalue weighted by Crippen LogP contribution is -1.98. The SMILES string of the molecule is N#CCC(CC#N)c1ccc(Br)cc1Br. The highest BCUT2D eigenvalue weighted by Crippen LogP contribution is 2.31. The van der Waals surface area contributed by atoms with Crippen molar-refractivity contribution in [3.63, 3.8) is 0 Å². The molecule has 0 fully saturated rings. The van der Waals surface area contributed by atoms with Gasteiger partial charge in [-0.1, -0.05) is 37.9 Å². The molecular weight excluding hydrogens is 320 g/mol. The van der Waals surface area contributed by atoms with E-state index in [1.807, 2.05) is 18.2 Å². The van der Waals surface area contributed by atoms with Gasteiger partial charge in [-0.2, -0.15) is 10.5 Å². The normalized spacial score (nSPS) is 9.67. The molecule has 15 heavy (non-hydrogen) atoms. The summed E-state index contributed by atoms with van der Waals surface area (Å²) in [7, 11) is 0. The van der Waals surface area contributed by atoms with Gasteiger partial charge < -0.3 is 0 Å². The summed E-state index contributed by atoms with van der Waals surface area (Å²) < 4.78 is 1.91. The molecular formula is C11H8Br2N2. The smallest absolute Gasteiger partial charge is 0.0628 e. The zero-order valence-electron chi connectivity index (χ0n) is 7.87. The highest BCUT2D eigenvalue weighted by molar-refractivity contribution is 9.11. The third kappa shape index (κ3) is 3.34. The van der Waals surface area contributed by atoms with Gasteiger partial charge in [0.2, 0.25) is 0 Å². The van der Waals surface area contributed by atoms with Crippen LogP contribution in [0.2, 0.25) is 0 Å². The minimum absolute atomic E-state index is 0.0116. The van der Waals surface area contributed by atoms with Crippen molar-refractivity contribution in [2.24, 2.45) is 0 Å². The second kappa shape index (κ2) is 5.90. The van der Waals surface area contributed by atoms with Crippen LogP contribution in [0.3, 0.4) is 0 Å². The van der Waals surface area contributed by atoms with Crippen molar-refractivity contribution in [2.75, 3.05) is 0 Å². The molecule has 0 unspecified atom stereocenters. The zero-order chi connectivity index (χ0) is 11.3. The van der Waals surface area contributed by atoms with Gasteiger partial charge in [-0.25, -0.2) is 0 Å². The maximum absolute atomic E-state index is 8.69. The molecule has 0 spiro atoms. The number of rotatable bonds is 3. The Bertz CT molecular complexity index is 413. The predicted molar refractivity (Wildman–Crippen MR) is 65.0 cm³/mol. The minimum Gasteiger partial charge on any atom is -0.198 e. The Morgan fingerprint density at radius 3 is 2.20 bits per heavy atom. The number of nitrogens with zero attached hydrogens (tertiary/aromatic N) is 2. The third-order valence-corrected chi connectivity index (χ3v) is 3.26. The van der Waals surface area contributed by atoms with Crippen LogP contribution in [0.4, 0.5) is 0 Å². The monoisotopic (exact) mass is 326 g/mol. The molecule has 0 N–H and O–H groups in total. The zero-order valence-corrected chi connectivity index (χ0v) is 11.0. The van der Waals surface area contributed by atoms with Gasteiger partial charge in [0.1, 0.15) is 0 Å². The van der Waals surface area contributed by atoms with Gasteiger partial charge in [0.25, 0.3) is 0 Å². The molecule has 0 aliphatic carbocycles. The summed E-state index contributed by atoms with van der Waals surface area (Å²) in [6.07, 6.45) is 0.738. The van der Waals surface area contributed by atoms with Crippen molar-refractivity contribution in [3.05, 3.63) is 32.7 Å². The lowest BCUT2D eigenvalue weighted by molar-refractivity contribution is 0.722. The lowest BCUT2D eigenvalue weighted by atomic mass is 9.94. The number of halogens is 2. The summed E-state index contributed by atoms with van der Waals surface area (Å²) in [4.78, 5) is 0. The van der Waals surface area contributed by atoms with Crippen LogP contribution in [0, 0.1) is 22.7 Å². The Morgan fingerprint density at radius 1 is 1.13 bits per heavy atom. The molecule has 0 bridgehead atoms. The third-order valence-electron chi connectivity index (χ3n) is 2.08. The topological polar surface area (TPSA) is 47.6 Å². The fourth-order valence-corrected chi connectivity index (χ4v) is 2.72. The summed E-state index contributed by atoms with van der Waals surface area (Å²) >= 11 is 6.80. The quantitative estimate of drug-likeness (QED) is 0.838. The summed E-state index contributed by atoms with van der Waals surface area (Å²) in [6, 6.07) is 10.0.